The molecule has 2 aromatic carbocycles. The number of carbonyl (C=O) groups is 1. The molecule has 0 atom stereocenters. The van der Waals surface area contributed by atoms with Crippen molar-refractivity contribution in [1.29, 1.82) is 0 Å². The van der Waals surface area contributed by atoms with Gasteiger partial charge < -0.3 is 14.6 Å². The zero-order chi connectivity index (χ0) is 18.8. The Morgan fingerprint density at radius 3 is 2.70 bits per heavy atom. The molecule has 0 radical (unpaired) electrons. The highest BCUT2D eigenvalue weighted by Crippen LogP contribution is 2.26. The second kappa shape index (κ2) is 7.43. The Hall–Kier alpha value is -2.82. The zero-order valence-electron chi connectivity index (χ0n) is 15.9. The number of aromatic nitrogens is 1. The highest BCUT2D eigenvalue weighted by atomic mass is 16.4. The summed E-state index contributed by atoms with van der Waals surface area (Å²) in [4.78, 5) is 19.2. The number of nitrogens with one attached hydrogen (secondary N) is 1. The second-order valence-corrected chi connectivity index (χ2v) is 7.42. The molecule has 3 aromatic rings. The first kappa shape index (κ1) is 17.6. The van der Waals surface area contributed by atoms with Crippen molar-refractivity contribution in [2.24, 2.45) is 5.92 Å². The maximum absolute atomic E-state index is 12.5. The standard InChI is InChI=1S/C22H25N3O2/c1-15-7-8-18(16(2)13-15)21(26)23-14-17-9-11-25(12-10-17)22-24-19-5-3-4-6-20(19)27-22/h3-8,13,17H,9-12,14H2,1-2H3,(H,23,26). The van der Waals surface area contributed by atoms with E-state index in [1.54, 1.807) is 0 Å². The lowest BCUT2D eigenvalue weighted by molar-refractivity contribution is 0.0944. The van der Waals surface area contributed by atoms with Crippen LogP contribution in [0.15, 0.2) is 46.9 Å². The van der Waals surface area contributed by atoms with Crippen LogP contribution in [0, 0.1) is 19.8 Å². The van der Waals surface area contributed by atoms with Crippen LogP contribution in [0.5, 0.6) is 0 Å². The number of oxazole rings is 1. The van der Waals surface area contributed by atoms with E-state index in [9.17, 15) is 4.79 Å². The van der Waals surface area contributed by atoms with E-state index in [0.29, 0.717) is 18.5 Å². The van der Waals surface area contributed by atoms with Gasteiger partial charge in [-0.2, -0.15) is 4.98 Å². The van der Waals surface area contributed by atoms with Gasteiger partial charge in [0.2, 0.25) is 0 Å². The molecule has 5 heteroatoms. The Morgan fingerprint density at radius 2 is 1.96 bits per heavy atom. The Labute approximate surface area is 159 Å². The maximum atomic E-state index is 12.5. The molecule has 1 fully saturated rings. The summed E-state index contributed by atoms with van der Waals surface area (Å²) < 4.78 is 5.87. The Balaban J connectivity index is 1.31. The number of anilines is 1. The molecule has 0 unspecified atom stereocenters. The van der Waals surface area contributed by atoms with Gasteiger partial charge in [-0.3, -0.25) is 4.79 Å². The first-order chi connectivity index (χ1) is 13.1. The minimum atomic E-state index is 0.0221. The monoisotopic (exact) mass is 363 g/mol. The molecule has 4 rings (SSSR count). The fraction of sp³-hybridized carbons (Fsp3) is 0.364. The third kappa shape index (κ3) is 3.82. The maximum Gasteiger partial charge on any atom is 0.298 e. The van der Waals surface area contributed by atoms with Gasteiger partial charge in [0.1, 0.15) is 5.52 Å². The van der Waals surface area contributed by atoms with Gasteiger partial charge in [0.15, 0.2) is 5.58 Å². The number of hydrogen-bond acceptors (Lipinski definition) is 4. The molecule has 1 saturated heterocycles. The van der Waals surface area contributed by atoms with E-state index in [4.69, 9.17) is 4.42 Å². The topological polar surface area (TPSA) is 58.4 Å². The van der Waals surface area contributed by atoms with E-state index >= 15 is 0 Å². The van der Waals surface area contributed by atoms with Crippen LogP contribution in [0.2, 0.25) is 0 Å². The molecule has 1 N–H and O–H groups in total. The van der Waals surface area contributed by atoms with Crippen molar-refractivity contribution in [2.75, 3.05) is 24.5 Å². The molecule has 2 heterocycles. The number of rotatable bonds is 4. The van der Waals surface area contributed by atoms with Crippen LogP contribution in [0.1, 0.15) is 34.3 Å². The normalized spacial score (nSPS) is 15.3. The molecule has 1 amide bonds. The number of carbonyl (C=O) groups excluding carboxylic acids is 1. The first-order valence-corrected chi connectivity index (χ1v) is 9.56. The second-order valence-electron chi connectivity index (χ2n) is 7.42. The van der Waals surface area contributed by atoms with Gasteiger partial charge in [-0.1, -0.05) is 29.8 Å². The molecule has 0 aliphatic carbocycles. The van der Waals surface area contributed by atoms with Crippen LogP contribution in [-0.4, -0.2) is 30.5 Å². The number of piperidine rings is 1. The van der Waals surface area contributed by atoms with Crippen molar-refractivity contribution in [1.82, 2.24) is 10.3 Å². The molecule has 1 aliphatic rings. The summed E-state index contributed by atoms with van der Waals surface area (Å²) in [5.41, 5.74) is 4.70. The lowest BCUT2D eigenvalue weighted by Gasteiger charge is -2.30. The van der Waals surface area contributed by atoms with E-state index in [0.717, 1.165) is 48.2 Å². The Kier molecular flexibility index (Phi) is 4.84. The zero-order valence-corrected chi connectivity index (χ0v) is 15.9. The predicted molar refractivity (Wildman–Crippen MR) is 107 cm³/mol. The van der Waals surface area contributed by atoms with E-state index in [2.05, 4.69) is 15.2 Å². The molecule has 1 aromatic heterocycles. The third-order valence-electron chi connectivity index (χ3n) is 5.35. The fourth-order valence-corrected chi connectivity index (χ4v) is 3.72. The van der Waals surface area contributed by atoms with Crippen LogP contribution in [0.4, 0.5) is 6.01 Å². The predicted octanol–water partition coefficient (Wildman–Crippen LogP) is 4.09. The Bertz CT molecular complexity index is 922. The van der Waals surface area contributed by atoms with E-state index in [1.165, 1.54) is 5.56 Å². The number of fused-ring (bicyclic) bond motifs is 1. The average molecular weight is 363 g/mol. The third-order valence-corrected chi connectivity index (χ3v) is 5.35. The minimum Gasteiger partial charge on any atom is -0.423 e. The van der Waals surface area contributed by atoms with Crippen LogP contribution >= 0.6 is 0 Å². The lowest BCUT2D eigenvalue weighted by Crippen LogP contribution is -2.39. The van der Waals surface area contributed by atoms with Crippen LogP contribution in [0.3, 0.4) is 0 Å². The molecular weight excluding hydrogens is 338 g/mol. The number of aryl methyl sites for hydroxylation is 2. The number of hydrogen-bond donors (Lipinski definition) is 1. The quantitative estimate of drug-likeness (QED) is 0.758. The number of para-hydroxylation sites is 2. The molecule has 0 saturated carbocycles. The van der Waals surface area contributed by atoms with Crippen LogP contribution in [0.25, 0.3) is 11.1 Å². The summed E-state index contributed by atoms with van der Waals surface area (Å²) in [6, 6.07) is 14.5. The summed E-state index contributed by atoms with van der Waals surface area (Å²) in [5, 5.41) is 3.11. The summed E-state index contributed by atoms with van der Waals surface area (Å²) in [6.45, 7) is 6.54. The van der Waals surface area contributed by atoms with Gasteiger partial charge in [-0.25, -0.2) is 0 Å². The largest absolute Gasteiger partial charge is 0.423 e. The smallest absolute Gasteiger partial charge is 0.298 e. The molecule has 0 bridgehead atoms. The van der Waals surface area contributed by atoms with Crippen LogP contribution in [-0.2, 0) is 0 Å². The summed E-state index contributed by atoms with van der Waals surface area (Å²) in [7, 11) is 0. The highest BCUT2D eigenvalue weighted by Gasteiger charge is 2.23. The summed E-state index contributed by atoms with van der Waals surface area (Å²) in [6.07, 6.45) is 2.04. The summed E-state index contributed by atoms with van der Waals surface area (Å²) in [5.74, 6) is 0.509. The Morgan fingerprint density at radius 1 is 1.19 bits per heavy atom. The summed E-state index contributed by atoms with van der Waals surface area (Å²) >= 11 is 0. The van der Waals surface area contributed by atoms with Gasteiger partial charge >= 0.3 is 0 Å². The van der Waals surface area contributed by atoms with Crippen molar-refractivity contribution in [2.45, 2.75) is 26.7 Å². The van der Waals surface area contributed by atoms with E-state index < -0.39 is 0 Å². The van der Waals surface area contributed by atoms with E-state index in [-0.39, 0.29) is 5.91 Å². The minimum absolute atomic E-state index is 0.0221. The van der Waals surface area contributed by atoms with Crippen molar-refractivity contribution >= 4 is 23.0 Å². The molecule has 27 heavy (non-hydrogen) atoms. The van der Waals surface area contributed by atoms with Gasteiger partial charge in [0, 0.05) is 25.2 Å². The molecule has 1 aliphatic heterocycles. The van der Waals surface area contributed by atoms with Crippen molar-refractivity contribution < 1.29 is 9.21 Å². The molecule has 0 spiro atoms. The number of nitrogens with zero attached hydrogens (tertiary/aromatic N) is 2. The van der Waals surface area contributed by atoms with Crippen molar-refractivity contribution in [3.05, 3.63) is 59.2 Å². The van der Waals surface area contributed by atoms with Gasteiger partial charge in [-0.05, 0) is 56.4 Å². The molecular formula is C22H25N3O2. The first-order valence-electron chi connectivity index (χ1n) is 9.56. The number of benzene rings is 2. The SMILES string of the molecule is Cc1ccc(C(=O)NCC2CCN(c3nc4ccccc4o3)CC2)c(C)c1. The van der Waals surface area contributed by atoms with Crippen molar-refractivity contribution in [3.63, 3.8) is 0 Å². The number of amides is 1. The van der Waals surface area contributed by atoms with Gasteiger partial charge in [0.05, 0.1) is 0 Å². The van der Waals surface area contributed by atoms with Gasteiger partial charge in [0.25, 0.3) is 11.9 Å². The molecule has 140 valence electrons. The van der Waals surface area contributed by atoms with Crippen molar-refractivity contribution in [3.8, 4) is 0 Å². The molecule has 5 nitrogen and oxygen atoms in total. The average Bonchev–Trinajstić information content (AvgIpc) is 3.11. The van der Waals surface area contributed by atoms with E-state index in [1.807, 2.05) is 56.3 Å². The van der Waals surface area contributed by atoms with Gasteiger partial charge in [-0.15, -0.1) is 0 Å². The fourth-order valence-electron chi connectivity index (χ4n) is 3.72. The highest BCUT2D eigenvalue weighted by molar-refractivity contribution is 5.95. The van der Waals surface area contributed by atoms with Crippen LogP contribution < -0.4 is 10.2 Å². The lowest BCUT2D eigenvalue weighted by atomic mass is 9.96.